The molecule has 6 heteroatoms. The van der Waals surface area contributed by atoms with Gasteiger partial charge in [0.15, 0.2) is 5.78 Å². The molecule has 0 saturated heterocycles. The van der Waals surface area contributed by atoms with E-state index in [9.17, 15) is 4.79 Å². The smallest absolute Gasteiger partial charge is 0.155 e. The number of Topliss-reactive ketones (excluding diaryl/α,β-unsaturated/α-hetero) is 1. The fourth-order valence-corrected chi connectivity index (χ4v) is 1.87. The Hall–Kier alpha value is -1.63. The summed E-state index contributed by atoms with van der Waals surface area (Å²) in [7, 11) is 1.89. The Morgan fingerprint density at radius 2 is 1.46 bits per heavy atom. The molecule has 0 heterocycles. The number of anilines is 1. The molecule has 0 unspecified atom stereocenters. The first-order valence-electron chi connectivity index (χ1n) is 8.35. The minimum Gasteiger partial charge on any atom is -0.494 e. The summed E-state index contributed by atoms with van der Waals surface area (Å²) in [5.74, 6) is 0.910. The number of carbonyl (C=O) groups excluding carboxylic acids is 1. The molecule has 136 valence electrons. The lowest BCUT2D eigenvalue weighted by atomic mass is 10.3. The molecule has 0 saturated carbocycles. The molecule has 0 atom stereocenters. The largest absolute Gasteiger partial charge is 0.494 e. The van der Waals surface area contributed by atoms with E-state index in [0.717, 1.165) is 24.3 Å². The van der Waals surface area contributed by atoms with E-state index >= 15 is 0 Å². The Kier molecular flexibility index (Phi) is 11.7. The molecule has 0 radical (unpaired) electrons. The van der Waals surface area contributed by atoms with Crippen LogP contribution in [0, 0.1) is 0 Å². The zero-order chi connectivity index (χ0) is 17.5. The maximum atomic E-state index is 10.6. The summed E-state index contributed by atoms with van der Waals surface area (Å²) in [6, 6.07) is 7.90. The third-order valence-electron chi connectivity index (χ3n) is 3.14. The standard InChI is InChI=1S/C18H29NO5/c1-16(20)15-23-14-13-22-12-11-21-9-3-4-10-24-18-7-5-17(19-2)6-8-18/h5-8,19H,3-4,9-15H2,1-2H3. The van der Waals surface area contributed by atoms with Crippen LogP contribution in [-0.2, 0) is 19.0 Å². The highest BCUT2D eigenvalue weighted by molar-refractivity contribution is 5.76. The average molecular weight is 339 g/mol. The van der Waals surface area contributed by atoms with Gasteiger partial charge in [0, 0.05) is 19.3 Å². The number of unbranched alkanes of at least 4 members (excludes halogenated alkanes) is 1. The Balaban J connectivity index is 1.82. The van der Waals surface area contributed by atoms with Crippen LogP contribution in [0.5, 0.6) is 5.75 Å². The van der Waals surface area contributed by atoms with Gasteiger partial charge in [0.1, 0.15) is 12.4 Å². The minimum atomic E-state index is 0.0253. The average Bonchev–Trinajstić information content (AvgIpc) is 2.59. The van der Waals surface area contributed by atoms with Gasteiger partial charge in [-0.15, -0.1) is 0 Å². The summed E-state index contributed by atoms with van der Waals surface area (Å²) in [5.41, 5.74) is 1.07. The van der Waals surface area contributed by atoms with Gasteiger partial charge in [0.05, 0.1) is 33.0 Å². The molecule has 0 bridgehead atoms. The van der Waals surface area contributed by atoms with Crippen molar-refractivity contribution < 1.29 is 23.7 Å². The number of rotatable bonds is 15. The Bertz CT molecular complexity index is 436. The van der Waals surface area contributed by atoms with Crippen LogP contribution in [0.4, 0.5) is 5.69 Å². The van der Waals surface area contributed by atoms with Crippen LogP contribution in [0.2, 0.25) is 0 Å². The molecule has 0 aliphatic carbocycles. The third-order valence-corrected chi connectivity index (χ3v) is 3.14. The number of ketones is 1. The fraction of sp³-hybridized carbons (Fsp3) is 0.611. The van der Waals surface area contributed by atoms with Crippen molar-refractivity contribution in [1.29, 1.82) is 0 Å². The van der Waals surface area contributed by atoms with E-state index in [4.69, 9.17) is 18.9 Å². The van der Waals surface area contributed by atoms with Crippen LogP contribution in [0.25, 0.3) is 0 Å². The van der Waals surface area contributed by atoms with E-state index in [2.05, 4.69) is 5.32 Å². The lowest BCUT2D eigenvalue weighted by Crippen LogP contribution is -2.12. The van der Waals surface area contributed by atoms with Gasteiger partial charge in [-0.2, -0.15) is 0 Å². The molecule has 0 aliphatic heterocycles. The second kappa shape index (κ2) is 13.8. The maximum Gasteiger partial charge on any atom is 0.155 e. The predicted molar refractivity (Wildman–Crippen MR) is 93.9 cm³/mol. The normalized spacial score (nSPS) is 10.6. The van der Waals surface area contributed by atoms with Crippen molar-refractivity contribution in [2.24, 2.45) is 0 Å². The minimum absolute atomic E-state index is 0.0253. The first kappa shape index (κ1) is 20.4. The summed E-state index contributed by atoms with van der Waals surface area (Å²) in [4.78, 5) is 10.6. The molecular formula is C18H29NO5. The summed E-state index contributed by atoms with van der Waals surface area (Å²) in [5, 5.41) is 3.07. The van der Waals surface area contributed by atoms with Crippen molar-refractivity contribution in [3.8, 4) is 5.75 Å². The summed E-state index contributed by atoms with van der Waals surface area (Å²) < 4.78 is 21.5. The molecule has 0 amide bonds. The summed E-state index contributed by atoms with van der Waals surface area (Å²) in [6.07, 6.45) is 1.91. The SMILES string of the molecule is CNc1ccc(OCCCCOCCOCCOCC(C)=O)cc1. The molecule has 1 N–H and O–H groups in total. The van der Waals surface area contributed by atoms with Crippen LogP contribution in [0.15, 0.2) is 24.3 Å². The summed E-state index contributed by atoms with van der Waals surface area (Å²) in [6.45, 7) is 5.07. The number of nitrogens with one attached hydrogen (secondary N) is 1. The Labute approximate surface area is 144 Å². The van der Waals surface area contributed by atoms with Crippen LogP contribution >= 0.6 is 0 Å². The van der Waals surface area contributed by atoms with Crippen LogP contribution < -0.4 is 10.1 Å². The van der Waals surface area contributed by atoms with Gasteiger partial charge < -0.3 is 24.3 Å². The van der Waals surface area contributed by atoms with Gasteiger partial charge in [-0.1, -0.05) is 0 Å². The van der Waals surface area contributed by atoms with E-state index in [1.807, 2.05) is 31.3 Å². The molecule has 1 aromatic rings. The lowest BCUT2D eigenvalue weighted by Gasteiger charge is -2.08. The molecule has 0 aromatic heterocycles. The number of carbonyl (C=O) groups is 1. The molecule has 0 spiro atoms. The second-order valence-electron chi connectivity index (χ2n) is 5.31. The molecule has 0 fully saturated rings. The van der Waals surface area contributed by atoms with Crippen LogP contribution in [-0.4, -0.2) is 59.1 Å². The van der Waals surface area contributed by atoms with Crippen molar-refractivity contribution >= 4 is 11.5 Å². The van der Waals surface area contributed by atoms with Crippen molar-refractivity contribution in [3.05, 3.63) is 24.3 Å². The van der Waals surface area contributed by atoms with Gasteiger partial charge in [-0.05, 0) is 44.0 Å². The number of ether oxygens (including phenoxy) is 4. The van der Waals surface area contributed by atoms with Crippen molar-refractivity contribution in [3.63, 3.8) is 0 Å². The zero-order valence-electron chi connectivity index (χ0n) is 14.7. The third kappa shape index (κ3) is 11.0. The Morgan fingerprint density at radius 3 is 2.08 bits per heavy atom. The van der Waals surface area contributed by atoms with Gasteiger partial charge in [-0.3, -0.25) is 4.79 Å². The summed E-state index contributed by atoms with van der Waals surface area (Å²) >= 11 is 0. The van der Waals surface area contributed by atoms with Crippen molar-refractivity contribution in [1.82, 2.24) is 0 Å². The highest BCUT2D eigenvalue weighted by Crippen LogP contribution is 2.15. The van der Waals surface area contributed by atoms with E-state index < -0.39 is 0 Å². The molecule has 0 aliphatic rings. The monoisotopic (exact) mass is 339 g/mol. The first-order chi connectivity index (χ1) is 11.7. The number of hydrogen-bond acceptors (Lipinski definition) is 6. The van der Waals surface area contributed by atoms with Gasteiger partial charge >= 0.3 is 0 Å². The molecule has 6 nitrogen and oxygen atoms in total. The molecular weight excluding hydrogens is 310 g/mol. The maximum absolute atomic E-state index is 10.6. The van der Waals surface area contributed by atoms with E-state index in [0.29, 0.717) is 39.6 Å². The number of benzene rings is 1. The van der Waals surface area contributed by atoms with Crippen molar-refractivity contribution in [2.45, 2.75) is 19.8 Å². The lowest BCUT2D eigenvalue weighted by molar-refractivity contribution is -0.122. The van der Waals surface area contributed by atoms with E-state index in [1.165, 1.54) is 6.92 Å². The van der Waals surface area contributed by atoms with E-state index in [1.54, 1.807) is 0 Å². The van der Waals surface area contributed by atoms with E-state index in [-0.39, 0.29) is 12.4 Å². The Morgan fingerprint density at radius 1 is 0.875 bits per heavy atom. The van der Waals surface area contributed by atoms with Crippen LogP contribution in [0.3, 0.4) is 0 Å². The topological polar surface area (TPSA) is 66.0 Å². The van der Waals surface area contributed by atoms with Crippen LogP contribution in [0.1, 0.15) is 19.8 Å². The number of hydrogen-bond donors (Lipinski definition) is 1. The predicted octanol–water partition coefficient (Wildman–Crippen LogP) is 2.53. The second-order valence-corrected chi connectivity index (χ2v) is 5.31. The van der Waals surface area contributed by atoms with Gasteiger partial charge in [-0.25, -0.2) is 0 Å². The van der Waals surface area contributed by atoms with Gasteiger partial charge in [0.25, 0.3) is 0 Å². The zero-order valence-corrected chi connectivity index (χ0v) is 14.7. The van der Waals surface area contributed by atoms with Gasteiger partial charge in [0.2, 0.25) is 0 Å². The molecule has 1 aromatic carbocycles. The quantitative estimate of drug-likeness (QED) is 0.495. The van der Waals surface area contributed by atoms with Crippen molar-refractivity contribution in [2.75, 3.05) is 58.6 Å². The fourth-order valence-electron chi connectivity index (χ4n) is 1.87. The first-order valence-corrected chi connectivity index (χ1v) is 8.35. The highest BCUT2D eigenvalue weighted by Gasteiger charge is 1.96. The highest BCUT2D eigenvalue weighted by atomic mass is 16.5. The molecule has 24 heavy (non-hydrogen) atoms. The molecule has 1 rings (SSSR count).